The van der Waals surface area contributed by atoms with E-state index in [0.29, 0.717) is 12.6 Å². The maximum Gasteiger partial charge on any atom is 0.0829 e. The third kappa shape index (κ3) is 4.54. The lowest BCUT2D eigenvalue weighted by Gasteiger charge is -2.41. The van der Waals surface area contributed by atoms with Crippen molar-refractivity contribution < 1.29 is 4.74 Å². The van der Waals surface area contributed by atoms with Gasteiger partial charge in [-0.25, -0.2) is 0 Å². The van der Waals surface area contributed by atoms with Crippen LogP contribution in [0.15, 0.2) is 0 Å². The molecule has 0 bridgehead atoms. The van der Waals surface area contributed by atoms with Crippen LogP contribution in [0.3, 0.4) is 0 Å². The van der Waals surface area contributed by atoms with Crippen LogP contribution in [0.1, 0.15) is 27.2 Å². The molecule has 1 rings (SSSR count). The minimum atomic E-state index is 0.0649. The molecule has 0 amide bonds. The minimum absolute atomic E-state index is 0.0649. The summed E-state index contributed by atoms with van der Waals surface area (Å²) in [5.41, 5.74) is 5.94. The van der Waals surface area contributed by atoms with E-state index in [4.69, 9.17) is 10.5 Å². The first kappa shape index (κ1) is 14.9. The van der Waals surface area contributed by atoms with Crippen molar-refractivity contribution in [1.29, 1.82) is 0 Å². The summed E-state index contributed by atoms with van der Waals surface area (Å²) >= 11 is 0. The first-order valence-corrected chi connectivity index (χ1v) is 6.75. The van der Waals surface area contributed by atoms with E-state index in [-0.39, 0.29) is 5.54 Å². The maximum absolute atomic E-state index is 5.88. The molecule has 1 atom stereocenters. The number of nitrogens with zero attached hydrogens (tertiary/aromatic N) is 2. The fourth-order valence-corrected chi connectivity index (χ4v) is 2.26. The van der Waals surface area contributed by atoms with Gasteiger partial charge in [0.05, 0.1) is 12.7 Å². The Kier molecular flexibility index (Phi) is 5.86. The highest BCUT2D eigenvalue weighted by Crippen LogP contribution is 2.16. The molecule has 1 aliphatic heterocycles. The van der Waals surface area contributed by atoms with Crippen molar-refractivity contribution in [2.75, 3.05) is 46.4 Å². The summed E-state index contributed by atoms with van der Waals surface area (Å²) in [5, 5.41) is 0. The summed E-state index contributed by atoms with van der Waals surface area (Å²) in [5.74, 6) is 0. The first-order chi connectivity index (χ1) is 7.99. The summed E-state index contributed by atoms with van der Waals surface area (Å²) in [6.45, 7) is 12.3. The molecule has 1 heterocycles. The number of rotatable bonds is 6. The molecule has 0 aromatic rings. The Morgan fingerprint density at radius 2 is 2.18 bits per heavy atom. The molecule has 1 unspecified atom stereocenters. The minimum Gasteiger partial charge on any atom is -0.374 e. The number of hydrogen-bond acceptors (Lipinski definition) is 4. The van der Waals surface area contributed by atoms with E-state index in [1.807, 2.05) is 0 Å². The average molecular weight is 243 g/mol. The summed E-state index contributed by atoms with van der Waals surface area (Å²) in [6.07, 6.45) is 1.48. The largest absolute Gasteiger partial charge is 0.374 e. The predicted molar refractivity (Wildman–Crippen MR) is 72.2 cm³/mol. The highest BCUT2D eigenvalue weighted by Gasteiger charge is 2.28. The lowest BCUT2D eigenvalue weighted by molar-refractivity contribution is -0.0492. The van der Waals surface area contributed by atoms with Gasteiger partial charge in [0.2, 0.25) is 0 Å². The molecule has 0 aromatic heterocycles. The topological polar surface area (TPSA) is 41.7 Å². The van der Waals surface area contributed by atoms with E-state index >= 15 is 0 Å². The molecule has 4 heteroatoms. The standard InChI is InChI=1S/C13H29N3O/c1-5-6-16(13(2,3)11-14)10-12-9-15(4)7-8-17-12/h12H,5-11,14H2,1-4H3. The number of morpholine rings is 1. The molecule has 0 radical (unpaired) electrons. The van der Waals surface area contributed by atoms with Gasteiger partial charge in [0.25, 0.3) is 0 Å². The van der Waals surface area contributed by atoms with Crippen molar-refractivity contribution in [1.82, 2.24) is 9.80 Å². The van der Waals surface area contributed by atoms with E-state index in [1.54, 1.807) is 0 Å². The Balaban J connectivity index is 2.53. The van der Waals surface area contributed by atoms with Gasteiger partial charge < -0.3 is 15.4 Å². The maximum atomic E-state index is 5.88. The van der Waals surface area contributed by atoms with Crippen LogP contribution >= 0.6 is 0 Å². The van der Waals surface area contributed by atoms with Crippen LogP contribution in [0.4, 0.5) is 0 Å². The zero-order valence-electron chi connectivity index (χ0n) is 11.9. The zero-order chi connectivity index (χ0) is 12.9. The Hall–Kier alpha value is -0.160. The lowest BCUT2D eigenvalue weighted by Crippen LogP contribution is -2.55. The fraction of sp³-hybridized carbons (Fsp3) is 1.00. The molecule has 1 saturated heterocycles. The van der Waals surface area contributed by atoms with Crippen LogP contribution < -0.4 is 5.73 Å². The molecule has 0 aliphatic carbocycles. The van der Waals surface area contributed by atoms with Gasteiger partial charge in [-0.1, -0.05) is 6.92 Å². The highest BCUT2D eigenvalue weighted by atomic mass is 16.5. The summed E-state index contributed by atoms with van der Waals surface area (Å²) in [4.78, 5) is 4.81. The first-order valence-electron chi connectivity index (χ1n) is 6.75. The van der Waals surface area contributed by atoms with Crippen molar-refractivity contribution in [3.8, 4) is 0 Å². The number of nitrogens with two attached hydrogens (primary N) is 1. The van der Waals surface area contributed by atoms with Crippen LogP contribution in [0.2, 0.25) is 0 Å². The molecule has 0 spiro atoms. The lowest BCUT2D eigenvalue weighted by atomic mass is 10.0. The fourth-order valence-electron chi connectivity index (χ4n) is 2.26. The SMILES string of the molecule is CCCN(CC1CN(C)CCO1)C(C)(C)CN. The predicted octanol–water partition coefficient (Wildman–Crippen LogP) is 0.766. The normalized spacial score (nSPS) is 23.3. The van der Waals surface area contributed by atoms with Crippen molar-refractivity contribution in [3.05, 3.63) is 0 Å². The van der Waals surface area contributed by atoms with Crippen molar-refractivity contribution in [2.45, 2.75) is 38.8 Å². The zero-order valence-corrected chi connectivity index (χ0v) is 11.9. The van der Waals surface area contributed by atoms with Gasteiger partial charge in [0.1, 0.15) is 0 Å². The van der Waals surface area contributed by atoms with E-state index in [0.717, 1.165) is 39.2 Å². The molecule has 2 N–H and O–H groups in total. The van der Waals surface area contributed by atoms with Crippen molar-refractivity contribution in [3.63, 3.8) is 0 Å². The monoisotopic (exact) mass is 243 g/mol. The summed E-state index contributed by atoms with van der Waals surface area (Å²) in [6, 6.07) is 0. The van der Waals surface area contributed by atoms with Gasteiger partial charge in [0, 0.05) is 31.7 Å². The number of likely N-dealkylation sites (N-methyl/N-ethyl adjacent to an activating group) is 1. The third-order valence-electron chi connectivity index (χ3n) is 3.62. The third-order valence-corrected chi connectivity index (χ3v) is 3.62. The van der Waals surface area contributed by atoms with Gasteiger partial charge >= 0.3 is 0 Å². The summed E-state index contributed by atoms with van der Waals surface area (Å²) in [7, 11) is 2.16. The average Bonchev–Trinajstić information content (AvgIpc) is 2.28. The van der Waals surface area contributed by atoms with Gasteiger partial charge in [0.15, 0.2) is 0 Å². The van der Waals surface area contributed by atoms with Gasteiger partial charge in [-0.3, -0.25) is 4.90 Å². The van der Waals surface area contributed by atoms with Gasteiger partial charge in [-0.15, -0.1) is 0 Å². The van der Waals surface area contributed by atoms with Crippen LogP contribution in [0.5, 0.6) is 0 Å². The van der Waals surface area contributed by atoms with Crippen LogP contribution in [-0.2, 0) is 4.74 Å². The molecule has 17 heavy (non-hydrogen) atoms. The molecule has 0 saturated carbocycles. The second-order valence-electron chi connectivity index (χ2n) is 5.72. The molecule has 102 valence electrons. The Morgan fingerprint density at radius 1 is 1.47 bits per heavy atom. The molecular formula is C13H29N3O. The van der Waals surface area contributed by atoms with E-state index in [1.165, 1.54) is 0 Å². The number of hydrogen-bond donors (Lipinski definition) is 1. The second kappa shape index (κ2) is 6.69. The van der Waals surface area contributed by atoms with Crippen molar-refractivity contribution in [2.24, 2.45) is 5.73 Å². The van der Waals surface area contributed by atoms with Crippen LogP contribution in [0.25, 0.3) is 0 Å². The Labute approximate surface area is 106 Å². The van der Waals surface area contributed by atoms with Crippen LogP contribution in [0, 0.1) is 0 Å². The molecule has 1 fully saturated rings. The van der Waals surface area contributed by atoms with Crippen LogP contribution in [-0.4, -0.2) is 67.8 Å². The van der Waals surface area contributed by atoms with Gasteiger partial charge in [-0.2, -0.15) is 0 Å². The van der Waals surface area contributed by atoms with E-state index in [2.05, 4.69) is 37.6 Å². The second-order valence-corrected chi connectivity index (χ2v) is 5.72. The Bertz CT molecular complexity index is 221. The smallest absolute Gasteiger partial charge is 0.0829 e. The van der Waals surface area contributed by atoms with Crippen molar-refractivity contribution >= 4 is 0 Å². The highest BCUT2D eigenvalue weighted by molar-refractivity contribution is 4.85. The number of ether oxygens (including phenoxy) is 1. The molecule has 4 nitrogen and oxygen atoms in total. The van der Waals surface area contributed by atoms with Gasteiger partial charge in [-0.05, 0) is 33.9 Å². The van der Waals surface area contributed by atoms with E-state index < -0.39 is 0 Å². The van der Waals surface area contributed by atoms with E-state index in [9.17, 15) is 0 Å². The summed E-state index contributed by atoms with van der Waals surface area (Å²) < 4.78 is 5.84. The Morgan fingerprint density at radius 3 is 2.71 bits per heavy atom. The molecular weight excluding hydrogens is 214 g/mol. The quantitative estimate of drug-likeness (QED) is 0.748. The molecule has 0 aromatic carbocycles. The molecule has 1 aliphatic rings.